The van der Waals surface area contributed by atoms with Crippen molar-refractivity contribution in [2.24, 2.45) is 23.7 Å². The van der Waals surface area contributed by atoms with Crippen molar-refractivity contribution >= 4 is 5.91 Å². The molecule has 1 aromatic carbocycles. The summed E-state index contributed by atoms with van der Waals surface area (Å²) in [5.74, 6) is 1.39. The number of hydrogen-bond acceptors (Lipinski definition) is 4. The summed E-state index contributed by atoms with van der Waals surface area (Å²) in [5.41, 5.74) is 0.299. The summed E-state index contributed by atoms with van der Waals surface area (Å²) < 4.78 is 11.7. The normalized spacial score (nSPS) is 46.0. The summed E-state index contributed by atoms with van der Waals surface area (Å²) in [7, 11) is 1.64. The fraction of sp³-hybridized carbons (Fsp3) is 0.611. The number of likely N-dealkylation sites (tertiary alicyclic amines) is 1. The number of amides is 1. The molecule has 7 atom stereocenters. The van der Waals surface area contributed by atoms with Crippen LogP contribution in [0.3, 0.4) is 0 Å². The van der Waals surface area contributed by atoms with Crippen LogP contribution in [0, 0.1) is 23.7 Å². The molecule has 23 heavy (non-hydrogen) atoms. The van der Waals surface area contributed by atoms with Gasteiger partial charge in [-0.1, -0.05) is 12.1 Å². The van der Waals surface area contributed by atoms with Gasteiger partial charge in [-0.05, 0) is 37.3 Å². The second-order valence-electron chi connectivity index (χ2n) is 7.20. The van der Waals surface area contributed by atoms with Crippen LogP contribution in [0.15, 0.2) is 24.3 Å². The number of rotatable bonds is 3. The second kappa shape index (κ2) is 4.28. The van der Waals surface area contributed by atoms with E-state index in [1.165, 1.54) is 0 Å². The van der Waals surface area contributed by atoms with Crippen LogP contribution in [0.5, 0.6) is 5.75 Å². The van der Waals surface area contributed by atoms with Crippen LogP contribution >= 0.6 is 0 Å². The van der Waals surface area contributed by atoms with Gasteiger partial charge in [-0.15, -0.1) is 0 Å². The summed E-state index contributed by atoms with van der Waals surface area (Å²) in [6.45, 7) is 2.63. The van der Waals surface area contributed by atoms with Crippen molar-refractivity contribution in [2.75, 3.05) is 13.7 Å². The van der Waals surface area contributed by atoms with Crippen molar-refractivity contribution in [1.29, 1.82) is 0 Å². The quantitative estimate of drug-likeness (QED) is 0.915. The number of benzene rings is 1. The molecule has 2 heterocycles. The van der Waals surface area contributed by atoms with Gasteiger partial charge in [0, 0.05) is 18.0 Å². The minimum Gasteiger partial charge on any atom is -0.497 e. The van der Waals surface area contributed by atoms with E-state index in [1.54, 1.807) is 7.11 Å². The molecule has 122 valence electrons. The van der Waals surface area contributed by atoms with Gasteiger partial charge in [0.1, 0.15) is 5.75 Å². The lowest BCUT2D eigenvalue weighted by Gasteiger charge is -2.38. The topological polar surface area (TPSA) is 59.0 Å². The Bertz CT molecular complexity index is 674. The molecule has 2 bridgehead atoms. The summed E-state index contributed by atoms with van der Waals surface area (Å²) in [4.78, 5) is 14.9. The molecule has 4 aliphatic rings. The zero-order chi connectivity index (χ0) is 15.9. The fourth-order valence-corrected chi connectivity index (χ4v) is 5.86. The number of carbonyl (C=O) groups is 1. The average molecular weight is 315 g/mol. The lowest BCUT2D eigenvalue weighted by atomic mass is 9.75. The van der Waals surface area contributed by atoms with Gasteiger partial charge in [0.2, 0.25) is 5.91 Å². The van der Waals surface area contributed by atoms with Gasteiger partial charge in [0.25, 0.3) is 0 Å². The third-order valence-electron chi connectivity index (χ3n) is 6.59. The van der Waals surface area contributed by atoms with Crippen molar-refractivity contribution in [2.45, 2.75) is 31.3 Å². The van der Waals surface area contributed by atoms with Crippen LogP contribution in [0.1, 0.15) is 18.9 Å². The molecule has 5 rings (SSSR count). The zero-order valence-electron chi connectivity index (χ0n) is 13.3. The Hall–Kier alpha value is -1.59. The lowest BCUT2D eigenvalue weighted by Crippen LogP contribution is -2.48. The Kier molecular flexibility index (Phi) is 2.57. The number of aliphatic hydroxyl groups is 1. The van der Waals surface area contributed by atoms with Crippen molar-refractivity contribution in [3.8, 4) is 5.75 Å². The predicted octanol–water partition coefficient (Wildman–Crippen LogP) is 1.35. The first-order valence-electron chi connectivity index (χ1n) is 8.45. The van der Waals surface area contributed by atoms with E-state index in [-0.39, 0.29) is 29.8 Å². The molecule has 0 spiro atoms. The molecule has 2 aliphatic heterocycles. The first-order chi connectivity index (χ1) is 11.1. The molecule has 2 aliphatic carbocycles. The lowest BCUT2D eigenvalue weighted by molar-refractivity contribution is -0.181. The zero-order valence-corrected chi connectivity index (χ0v) is 13.3. The Morgan fingerprint density at radius 2 is 2.09 bits per heavy atom. The largest absolute Gasteiger partial charge is 0.497 e. The van der Waals surface area contributed by atoms with Crippen LogP contribution < -0.4 is 4.74 Å². The van der Waals surface area contributed by atoms with Crippen molar-refractivity contribution in [1.82, 2.24) is 4.90 Å². The molecule has 1 amide bonds. The van der Waals surface area contributed by atoms with E-state index in [2.05, 4.69) is 0 Å². The monoisotopic (exact) mass is 315 g/mol. The number of fused-ring (bicyclic) bond motifs is 2. The van der Waals surface area contributed by atoms with Crippen LogP contribution in [0.4, 0.5) is 0 Å². The molecular weight excluding hydrogens is 294 g/mol. The van der Waals surface area contributed by atoms with Gasteiger partial charge in [-0.3, -0.25) is 4.79 Å². The van der Waals surface area contributed by atoms with E-state index < -0.39 is 11.8 Å². The second-order valence-corrected chi connectivity index (χ2v) is 7.20. The number of hydrogen-bond donors (Lipinski definition) is 1. The number of aliphatic hydroxyl groups excluding tert-OH is 1. The Balaban J connectivity index is 1.68. The van der Waals surface area contributed by atoms with E-state index in [0.29, 0.717) is 12.5 Å². The SMILES string of the molecule is CCN1C(=O)C2C3CC4C(OC1(c1ccc(OC)cc1)C42)C3O. The van der Waals surface area contributed by atoms with E-state index in [4.69, 9.17) is 9.47 Å². The molecular formula is C18H21NO4. The molecule has 5 heteroatoms. The summed E-state index contributed by atoms with van der Waals surface area (Å²) in [6.07, 6.45) is 0.289. The maximum absolute atomic E-state index is 13.0. The number of ether oxygens (including phenoxy) is 2. The first-order valence-corrected chi connectivity index (χ1v) is 8.45. The number of nitrogens with zero attached hydrogens (tertiary/aromatic N) is 1. The van der Waals surface area contributed by atoms with Crippen LogP contribution in [-0.2, 0) is 15.3 Å². The smallest absolute Gasteiger partial charge is 0.229 e. The summed E-state index contributed by atoms with van der Waals surface area (Å²) in [5, 5.41) is 10.5. The van der Waals surface area contributed by atoms with E-state index in [1.807, 2.05) is 36.1 Å². The van der Waals surface area contributed by atoms with Gasteiger partial charge in [-0.25, -0.2) is 0 Å². The average Bonchev–Trinajstić information content (AvgIpc) is 3.23. The summed E-state index contributed by atoms with van der Waals surface area (Å²) >= 11 is 0. The van der Waals surface area contributed by atoms with Crippen LogP contribution in [-0.4, -0.2) is 41.8 Å². The van der Waals surface area contributed by atoms with Crippen LogP contribution in [0.25, 0.3) is 0 Å². The van der Waals surface area contributed by atoms with Gasteiger partial charge in [-0.2, -0.15) is 0 Å². The van der Waals surface area contributed by atoms with E-state index in [9.17, 15) is 9.90 Å². The molecule has 7 unspecified atom stereocenters. The highest BCUT2D eigenvalue weighted by Gasteiger charge is 2.78. The molecule has 1 aromatic rings. The maximum atomic E-state index is 13.0. The van der Waals surface area contributed by atoms with Gasteiger partial charge in [0.05, 0.1) is 25.2 Å². The molecule has 2 saturated heterocycles. The third kappa shape index (κ3) is 1.36. The van der Waals surface area contributed by atoms with Crippen molar-refractivity contribution in [3.05, 3.63) is 29.8 Å². The number of methoxy groups -OCH3 is 1. The molecule has 0 radical (unpaired) electrons. The summed E-state index contributed by atoms with van der Waals surface area (Å²) in [6, 6.07) is 7.84. The third-order valence-corrected chi connectivity index (χ3v) is 6.59. The first kappa shape index (κ1) is 13.8. The molecule has 1 N–H and O–H groups in total. The highest BCUT2D eigenvalue weighted by atomic mass is 16.6. The van der Waals surface area contributed by atoms with Gasteiger partial charge in [0.15, 0.2) is 5.72 Å². The molecule has 5 nitrogen and oxygen atoms in total. The van der Waals surface area contributed by atoms with Crippen molar-refractivity contribution < 1.29 is 19.4 Å². The fourth-order valence-electron chi connectivity index (χ4n) is 5.86. The van der Waals surface area contributed by atoms with Crippen LogP contribution in [0.2, 0.25) is 0 Å². The van der Waals surface area contributed by atoms with E-state index >= 15 is 0 Å². The Labute approximate surface area is 135 Å². The standard InChI is InChI=1S/C18H21NO4/c1-3-19-17(21)13-11-8-12-14(13)18(19,23-16(12)15(11)20)9-4-6-10(22-2)7-5-9/h4-7,11-16,20H,3,8H2,1-2H3. The highest BCUT2D eigenvalue weighted by Crippen LogP contribution is 2.70. The molecule has 0 aromatic heterocycles. The molecule has 4 fully saturated rings. The van der Waals surface area contributed by atoms with Gasteiger partial charge >= 0.3 is 0 Å². The Morgan fingerprint density at radius 1 is 1.35 bits per heavy atom. The predicted molar refractivity (Wildman–Crippen MR) is 81.5 cm³/mol. The maximum Gasteiger partial charge on any atom is 0.229 e. The highest BCUT2D eigenvalue weighted by molar-refractivity contribution is 5.85. The minimum atomic E-state index is -0.704. The van der Waals surface area contributed by atoms with Crippen molar-refractivity contribution in [3.63, 3.8) is 0 Å². The van der Waals surface area contributed by atoms with Gasteiger partial charge < -0.3 is 19.5 Å². The Morgan fingerprint density at radius 3 is 2.74 bits per heavy atom. The number of carbonyl (C=O) groups excluding carboxylic acids is 1. The minimum absolute atomic E-state index is 0.0687. The molecule has 2 saturated carbocycles. The van der Waals surface area contributed by atoms with E-state index in [0.717, 1.165) is 17.7 Å².